The van der Waals surface area contributed by atoms with Crippen LogP contribution in [0, 0.1) is 10.1 Å². The number of hydrogen-bond donors (Lipinski definition) is 1. The zero-order valence-electron chi connectivity index (χ0n) is 10.1. The summed E-state index contributed by atoms with van der Waals surface area (Å²) in [7, 11) is 0. The van der Waals surface area contributed by atoms with E-state index in [2.05, 4.69) is 27.8 Å². The maximum Gasteiger partial charge on any atom is 0.310 e. The Hall–Kier alpha value is -1.40. The number of nitro groups is 1. The van der Waals surface area contributed by atoms with Gasteiger partial charge in [0.15, 0.2) is 5.75 Å². The molecule has 98 valence electrons. The van der Waals surface area contributed by atoms with Crippen LogP contribution in [0.25, 0.3) is 0 Å². The van der Waals surface area contributed by atoms with E-state index >= 15 is 0 Å². The fraction of sp³-hybridized carbons (Fsp3) is 0.333. The fourth-order valence-corrected chi connectivity index (χ4v) is 1.47. The van der Waals surface area contributed by atoms with E-state index in [1.165, 1.54) is 6.07 Å². The Balaban J connectivity index is 2.92. The van der Waals surface area contributed by atoms with Gasteiger partial charge in [-0.1, -0.05) is 35.5 Å². The van der Waals surface area contributed by atoms with Gasteiger partial charge < -0.3 is 10.1 Å². The fourth-order valence-electron chi connectivity index (χ4n) is 1.36. The van der Waals surface area contributed by atoms with Gasteiger partial charge in [0.25, 0.3) is 0 Å². The minimum absolute atomic E-state index is 0.0380. The highest BCUT2D eigenvalue weighted by Crippen LogP contribution is 2.28. The number of nitro benzene ring substituents is 1. The summed E-state index contributed by atoms with van der Waals surface area (Å²) in [6, 6.07) is 4.85. The standard InChI is InChI=1S/C12H15BrN2O3/c1-3-14-7-10-4-5-11(15(16)17)12(6-10)18-8-9(2)13/h4-6,14H,2-3,7-8H2,1H3. The molecule has 0 atom stereocenters. The molecule has 0 spiro atoms. The normalized spacial score (nSPS) is 10.1. The second-order valence-corrected chi connectivity index (χ2v) is 4.77. The highest BCUT2D eigenvalue weighted by Gasteiger charge is 2.15. The summed E-state index contributed by atoms with van der Waals surface area (Å²) in [6.45, 7) is 7.32. The van der Waals surface area contributed by atoms with Gasteiger partial charge in [-0.25, -0.2) is 0 Å². The van der Waals surface area contributed by atoms with Crippen LogP contribution in [-0.2, 0) is 6.54 Å². The van der Waals surface area contributed by atoms with Crippen LogP contribution in [0.1, 0.15) is 12.5 Å². The van der Waals surface area contributed by atoms with Gasteiger partial charge in [-0.15, -0.1) is 0 Å². The quantitative estimate of drug-likeness (QED) is 0.620. The molecule has 0 saturated heterocycles. The average Bonchev–Trinajstić information content (AvgIpc) is 2.33. The molecule has 0 fully saturated rings. The molecule has 0 aromatic heterocycles. The molecule has 1 aromatic carbocycles. The zero-order chi connectivity index (χ0) is 13.5. The van der Waals surface area contributed by atoms with E-state index < -0.39 is 4.92 Å². The van der Waals surface area contributed by atoms with Crippen LogP contribution >= 0.6 is 15.9 Å². The molecular formula is C12H15BrN2O3. The van der Waals surface area contributed by atoms with Crippen molar-refractivity contribution < 1.29 is 9.66 Å². The van der Waals surface area contributed by atoms with Gasteiger partial charge in [0.05, 0.1) is 4.92 Å². The Labute approximate surface area is 114 Å². The summed E-state index contributed by atoms with van der Waals surface area (Å²) in [6.07, 6.45) is 0. The summed E-state index contributed by atoms with van der Waals surface area (Å²) in [5.74, 6) is 0.260. The largest absolute Gasteiger partial charge is 0.481 e. The van der Waals surface area contributed by atoms with Crippen molar-refractivity contribution in [1.82, 2.24) is 5.32 Å². The number of nitrogens with zero attached hydrogens (tertiary/aromatic N) is 1. The van der Waals surface area contributed by atoms with Crippen molar-refractivity contribution in [3.8, 4) is 5.75 Å². The third kappa shape index (κ3) is 4.46. The average molecular weight is 315 g/mol. The third-order valence-electron chi connectivity index (χ3n) is 2.18. The Morgan fingerprint density at radius 2 is 2.33 bits per heavy atom. The van der Waals surface area contributed by atoms with E-state index in [0.29, 0.717) is 11.0 Å². The Kier molecular flexibility index (Phi) is 5.80. The maximum absolute atomic E-state index is 10.9. The predicted octanol–water partition coefficient (Wildman–Crippen LogP) is 2.99. The van der Waals surface area contributed by atoms with Crippen LogP contribution in [0.4, 0.5) is 5.69 Å². The van der Waals surface area contributed by atoms with Gasteiger partial charge in [-0.3, -0.25) is 10.1 Å². The minimum atomic E-state index is -0.455. The minimum Gasteiger partial charge on any atom is -0.481 e. The molecule has 6 heteroatoms. The molecular weight excluding hydrogens is 300 g/mol. The van der Waals surface area contributed by atoms with Crippen LogP contribution in [0.2, 0.25) is 0 Å². The van der Waals surface area contributed by atoms with Gasteiger partial charge in [-0.2, -0.15) is 0 Å². The molecule has 0 bridgehead atoms. The smallest absolute Gasteiger partial charge is 0.310 e. The van der Waals surface area contributed by atoms with E-state index in [-0.39, 0.29) is 18.0 Å². The summed E-state index contributed by atoms with van der Waals surface area (Å²) in [5.41, 5.74) is 0.904. The van der Waals surface area contributed by atoms with E-state index in [9.17, 15) is 10.1 Å². The van der Waals surface area contributed by atoms with Crippen molar-refractivity contribution in [3.05, 3.63) is 44.9 Å². The SMILES string of the molecule is C=C(Br)COc1cc(CNCC)ccc1[N+](=O)[O-]. The molecule has 5 nitrogen and oxygen atoms in total. The Bertz CT molecular complexity index is 449. The van der Waals surface area contributed by atoms with Crippen LogP contribution in [0.15, 0.2) is 29.3 Å². The first-order valence-electron chi connectivity index (χ1n) is 5.48. The van der Waals surface area contributed by atoms with Gasteiger partial charge in [0, 0.05) is 17.1 Å². The monoisotopic (exact) mass is 314 g/mol. The van der Waals surface area contributed by atoms with Crippen LogP contribution in [0.5, 0.6) is 5.75 Å². The molecule has 0 heterocycles. The highest BCUT2D eigenvalue weighted by molar-refractivity contribution is 9.11. The summed E-state index contributed by atoms with van der Waals surface area (Å²) >= 11 is 3.15. The number of benzene rings is 1. The molecule has 1 rings (SSSR count). The van der Waals surface area contributed by atoms with Crippen molar-refractivity contribution in [2.24, 2.45) is 0 Å². The van der Waals surface area contributed by atoms with Crippen molar-refractivity contribution in [1.29, 1.82) is 0 Å². The lowest BCUT2D eigenvalue weighted by Gasteiger charge is -2.08. The maximum atomic E-state index is 10.9. The first kappa shape index (κ1) is 14.7. The van der Waals surface area contributed by atoms with Crippen molar-refractivity contribution >= 4 is 21.6 Å². The number of ether oxygens (including phenoxy) is 1. The molecule has 0 aliphatic rings. The third-order valence-corrected chi connectivity index (χ3v) is 2.41. The Morgan fingerprint density at radius 3 is 2.89 bits per heavy atom. The molecule has 1 aromatic rings. The molecule has 0 amide bonds. The molecule has 18 heavy (non-hydrogen) atoms. The lowest BCUT2D eigenvalue weighted by molar-refractivity contribution is -0.385. The van der Waals surface area contributed by atoms with Crippen molar-refractivity contribution in [2.45, 2.75) is 13.5 Å². The molecule has 0 unspecified atom stereocenters. The van der Waals surface area contributed by atoms with Gasteiger partial charge >= 0.3 is 5.69 Å². The Morgan fingerprint density at radius 1 is 1.61 bits per heavy atom. The number of rotatable bonds is 7. The first-order valence-corrected chi connectivity index (χ1v) is 6.28. The predicted molar refractivity (Wildman–Crippen MR) is 74.0 cm³/mol. The summed E-state index contributed by atoms with van der Waals surface area (Å²) in [5, 5.41) is 14.0. The van der Waals surface area contributed by atoms with E-state index in [1.807, 2.05) is 6.92 Å². The second kappa shape index (κ2) is 7.13. The molecule has 0 aliphatic heterocycles. The molecule has 0 radical (unpaired) electrons. The summed E-state index contributed by atoms with van der Waals surface area (Å²) < 4.78 is 6.00. The van der Waals surface area contributed by atoms with Crippen molar-refractivity contribution in [3.63, 3.8) is 0 Å². The van der Waals surface area contributed by atoms with E-state index in [0.717, 1.165) is 12.1 Å². The number of halogens is 1. The van der Waals surface area contributed by atoms with Crippen LogP contribution in [0.3, 0.4) is 0 Å². The second-order valence-electron chi connectivity index (χ2n) is 3.65. The number of nitrogens with one attached hydrogen (secondary N) is 1. The zero-order valence-corrected chi connectivity index (χ0v) is 11.7. The highest BCUT2D eigenvalue weighted by atomic mass is 79.9. The van der Waals surface area contributed by atoms with Crippen molar-refractivity contribution in [2.75, 3.05) is 13.2 Å². The van der Waals surface area contributed by atoms with Crippen LogP contribution in [-0.4, -0.2) is 18.1 Å². The van der Waals surface area contributed by atoms with Crippen LogP contribution < -0.4 is 10.1 Å². The van der Waals surface area contributed by atoms with Gasteiger partial charge in [0.1, 0.15) is 6.61 Å². The number of hydrogen-bond acceptors (Lipinski definition) is 4. The first-order chi connectivity index (χ1) is 8.54. The summed E-state index contributed by atoms with van der Waals surface area (Å²) in [4.78, 5) is 10.4. The molecule has 1 N–H and O–H groups in total. The lowest BCUT2D eigenvalue weighted by Crippen LogP contribution is -2.12. The molecule has 0 saturated carbocycles. The van der Waals surface area contributed by atoms with E-state index in [4.69, 9.17) is 4.74 Å². The van der Waals surface area contributed by atoms with E-state index in [1.54, 1.807) is 12.1 Å². The lowest BCUT2D eigenvalue weighted by atomic mass is 10.2. The van der Waals surface area contributed by atoms with Gasteiger partial charge in [0.2, 0.25) is 0 Å². The molecule has 0 aliphatic carbocycles. The topological polar surface area (TPSA) is 64.4 Å². The van der Waals surface area contributed by atoms with Gasteiger partial charge in [-0.05, 0) is 18.2 Å².